The zero-order valence-electron chi connectivity index (χ0n) is 25.3. The zero-order chi connectivity index (χ0) is 31.7. The number of nitrogens with two attached hydrogens (primary N) is 2. The van der Waals surface area contributed by atoms with Gasteiger partial charge in [0.15, 0.2) is 11.2 Å². The molecule has 4 unspecified atom stereocenters. The number of carbonyl (C=O) groups is 2. The summed E-state index contributed by atoms with van der Waals surface area (Å²) in [5, 5.41) is 0. The highest BCUT2D eigenvalue weighted by atomic mass is 16.6. The number of methoxy groups -OCH3 is 2. The maximum atomic E-state index is 13.2. The first-order chi connectivity index (χ1) is 21.1. The summed E-state index contributed by atoms with van der Waals surface area (Å²) in [5.74, 6) is -0.255. The summed E-state index contributed by atoms with van der Waals surface area (Å²) >= 11 is 0. The molecule has 8 heteroatoms. The van der Waals surface area contributed by atoms with Gasteiger partial charge >= 0.3 is 11.9 Å². The average molecular weight is 595 g/mol. The van der Waals surface area contributed by atoms with Gasteiger partial charge in [-0.3, -0.25) is 0 Å². The molecule has 0 aliphatic rings. The number of esters is 2. The molecule has 0 aliphatic carbocycles. The first-order valence-corrected chi connectivity index (χ1v) is 14.1. The number of benzene rings is 4. The van der Waals surface area contributed by atoms with Gasteiger partial charge in [0.2, 0.25) is 0 Å². The molecule has 4 aromatic rings. The van der Waals surface area contributed by atoms with Gasteiger partial charge in [0.05, 0.1) is 26.3 Å². The first-order valence-electron chi connectivity index (χ1n) is 14.1. The Morgan fingerprint density at radius 1 is 0.568 bits per heavy atom. The second kappa shape index (κ2) is 14.0. The van der Waals surface area contributed by atoms with Crippen molar-refractivity contribution in [3.05, 3.63) is 144 Å². The van der Waals surface area contributed by atoms with E-state index in [1.807, 2.05) is 60.7 Å². The highest BCUT2D eigenvalue weighted by Gasteiger charge is 2.40. The fourth-order valence-electron chi connectivity index (χ4n) is 5.03. The van der Waals surface area contributed by atoms with Crippen molar-refractivity contribution in [2.45, 2.75) is 37.1 Å². The lowest BCUT2D eigenvalue weighted by Crippen LogP contribution is -2.40. The van der Waals surface area contributed by atoms with Crippen LogP contribution in [0.1, 0.15) is 48.2 Å². The topological polar surface area (TPSA) is 123 Å². The van der Waals surface area contributed by atoms with Crippen LogP contribution in [0, 0.1) is 0 Å². The molecule has 0 fully saturated rings. The quantitative estimate of drug-likeness (QED) is 0.154. The molecule has 4 rings (SSSR count). The van der Waals surface area contributed by atoms with Crippen molar-refractivity contribution in [2.75, 3.05) is 14.2 Å². The number of carbonyl (C=O) groups excluding carboxylic acids is 2. The van der Waals surface area contributed by atoms with Gasteiger partial charge in [-0.2, -0.15) is 0 Å². The maximum absolute atomic E-state index is 13.2. The molecular formula is C36H38N2O6. The second-order valence-electron chi connectivity index (χ2n) is 10.6. The van der Waals surface area contributed by atoms with E-state index in [1.54, 1.807) is 76.6 Å². The van der Waals surface area contributed by atoms with Gasteiger partial charge in [0.1, 0.15) is 11.5 Å². The van der Waals surface area contributed by atoms with Crippen LogP contribution in [0.5, 0.6) is 11.5 Å². The number of rotatable bonds is 12. The van der Waals surface area contributed by atoms with Crippen molar-refractivity contribution in [1.29, 1.82) is 0 Å². The van der Waals surface area contributed by atoms with Crippen LogP contribution < -0.4 is 20.9 Å². The Hall–Kier alpha value is -4.92. The Balaban J connectivity index is 1.59. The molecule has 4 atom stereocenters. The highest BCUT2D eigenvalue weighted by molar-refractivity contribution is 5.92. The molecule has 0 amide bonds. The summed E-state index contributed by atoms with van der Waals surface area (Å²) in [6, 6.07) is 31.5. The lowest BCUT2D eigenvalue weighted by molar-refractivity contribution is -0.158. The van der Waals surface area contributed by atoms with E-state index in [1.165, 1.54) is 0 Å². The standard InChI is InChI=1S/C36H38N2O6/c1-35(27-15-19-29(41-3)20-16-27,33(37)25-11-7-5-8-12-25)43-31(39)23-24-32(40)44-36(2,28-17-21-30(42-4)22-18-28)34(38)26-13-9-6-10-14-26/h5-24,33-34H,37-38H2,1-4H3/b24-23-. The molecule has 0 aromatic heterocycles. The molecule has 0 saturated carbocycles. The Morgan fingerprint density at radius 3 is 1.18 bits per heavy atom. The fourth-order valence-corrected chi connectivity index (χ4v) is 5.03. The summed E-state index contributed by atoms with van der Waals surface area (Å²) in [7, 11) is 3.14. The zero-order valence-corrected chi connectivity index (χ0v) is 25.3. The molecule has 4 N–H and O–H groups in total. The van der Waals surface area contributed by atoms with E-state index in [2.05, 4.69) is 0 Å². The van der Waals surface area contributed by atoms with E-state index in [0.29, 0.717) is 22.6 Å². The van der Waals surface area contributed by atoms with Crippen LogP contribution in [0.15, 0.2) is 121 Å². The molecular weight excluding hydrogens is 556 g/mol. The molecule has 228 valence electrons. The van der Waals surface area contributed by atoms with Crippen molar-refractivity contribution in [3.63, 3.8) is 0 Å². The minimum Gasteiger partial charge on any atom is -0.497 e. The summed E-state index contributed by atoms with van der Waals surface area (Å²) in [4.78, 5) is 26.4. The summed E-state index contributed by atoms with van der Waals surface area (Å²) < 4.78 is 22.5. The number of ether oxygens (including phenoxy) is 4. The third-order valence-electron chi connectivity index (χ3n) is 7.81. The smallest absolute Gasteiger partial charge is 0.331 e. The van der Waals surface area contributed by atoms with Crippen molar-refractivity contribution in [1.82, 2.24) is 0 Å². The van der Waals surface area contributed by atoms with Crippen LogP contribution in [-0.2, 0) is 30.3 Å². The van der Waals surface area contributed by atoms with Crippen molar-refractivity contribution < 1.29 is 28.5 Å². The van der Waals surface area contributed by atoms with E-state index in [0.717, 1.165) is 23.3 Å². The van der Waals surface area contributed by atoms with E-state index in [9.17, 15) is 9.59 Å². The fraction of sp³-hybridized carbons (Fsp3) is 0.222. The van der Waals surface area contributed by atoms with E-state index in [-0.39, 0.29) is 0 Å². The molecule has 0 spiro atoms. The molecule has 0 saturated heterocycles. The van der Waals surface area contributed by atoms with Gasteiger partial charge in [-0.1, -0.05) is 84.9 Å². The summed E-state index contributed by atoms with van der Waals surface area (Å²) in [5.41, 5.74) is 13.7. The first kappa shape index (κ1) is 32.0. The van der Waals surface area contributed by atoms with E-state index in [4.69, 9.17) is 30.4 Å². The van der Waals surface area contributed by atoms with Crippen LogP contribution in [0.3, 0.4) is 0 Å². The Bertz CT molecular complexity index is 1440. The third kappa shape index (κ3) is 7.16. The van der Waals surface area contributed by atoms with Crippen LogP contribution >= 0.6 is 0 Å². The van der Waals surface area contributed by atoms with Crippen molar-refractivity contribution in [3.8, 4) is 11.5 Å². The van der Waals surface area contributed by atoms with Gasteiger partial charge in [0.25, 0.3) is 0 Å². The summed E-state index contributed by atoms with van der Waals surface area (Å²) in [6.45, 7) is 3.46. The Morgan fingerprint density at radius 2 is 0.886 bits per heavy atom. The normalized spacial score (nSPS) is 15.3. The van der Waals surface area contributed by atoms with Crippen LogP contribution in [0.25, 0.3) is 0 Å². The number of hydrogen-bond acceptors (Lipinski definition) is 8. The predicted molar refractivity (Wildman–Crippen MR) is 169 cm³/mol. The van der Waals surface area contributed by atoms with Gasteiger partial charge < -0.3 is 30.4 Å². The molecule has 8 nitrogen and oxygen atoms in total. The van der Waals surface area contributed by atoms with Crippen molar-refractivity contribution in [2.24, 2.45) is 11.5 Å². The predicted octanol–water partition coefficient (Wildman–Crippen LogP) is 5.88. The molecule has 4 aromatic carbocycles. The van der Waals surface area contributed by atoms with Gasteiger partial charge in [-0.15, -0.1) is 0 Å². The third-order valence-corrected chi connectivity index (χ3v) is 7.81. The average Bonchev–Trinajstić information content (AvgIpc) is 3.07. The number of hydrogen-bond donors (Lipinski definition) is 2. The minimum atomic E-state index is -1.29. The van der Waals surface area contributed by atoms with Crippen LogP contribution in [-0.4, -0.2) is 26.2 Å². The van der Waals surface area contributed by atoms with Gasteiger partial charge in [-0.25, -0.2) is 9.59 Å². The van der Waals surface area contributed by atoms with Crippen LogP contribution in [0.4, 0.5) is 0 Å². The van der Waals surface area contributed by atoms with Crippen molar-refractivity contribution >= 4 is 11.9 Å². The molecule has 0 heterocycles. The minimum absolute atomic E-state index is 0.645. The van der Waals surface area contributed by atoms with E-state index >= 15 is 0 Å². The molecule has 0 bridgehead atoms. The SMILES string of the molecule is COc1ccc(C(C)(OC(=O)/C=C\C(=O)OC(C)(c2ccc(OC)cc2)C(N)c2ccccc2)C(N)c2ccccc2)cc1. The molecule has 0 aliphatic heterocycles. The Labute approximate surface area is 258 Å². The maximum Gasteiger partial charge on any atom is 0.331 e. The highest BCUT2D eigenvalue weighted by Crippen LogP contribution is 2.39. The van der Waals surface area contributed by atoms with E-state index < -0.39 is 35.2 Å². The Kier molecular flexibility index (Phi) is 10.2. The van der Waals surface area contributed by atoms with Gasteiger partial charge in [-0.05, 0) is 60.4 Å². The molecule has 0 radical (unpaired) electrons. The van der Waals surface area contributed by atoms with Gasteiger partial charge in [0, 0.05) is 12.2 Å². The molecule has 44 heavy (non-hydrogen) atoms. The summed E-state index contributed by atoms with van der Waals surface area (Å²) in [6.07, 6.45) is 2.06. The second-order valence-corrected chi connectivity index (χ2v) is 10.6. The largest absolute Gasteiger partial charge is 0.497 e. The van der Waals surface area contributed by atoms with Crippen LogP contribution in [0.2, 0.25) is 0 Å². The monoisotopic (exact) mass is 594 g/mol. The lowest BCUT2D eigenvalue weighted by atomic mass is 9.84. The lowest BCUT2D eigenvalue weighted by Gasteiger charge is -2.36.